The molecule has 2 aromatic carbocycles. The Balaban J connectivity index is 0.00000289. The van der Waals surface area contributed by atoms with Gasteiger partial charge in [0.2, 0.25) is 0 Å². The molecule has 1 saturated heterocycles. The molecule has 172 valence electrons. The van der Waals surface area contributed by atoms with Gasteiger partial charge in [-0.15, -0.1) is 12.4 Å². The van der Waals surface area contributed by atoms with Crippen LogP contribution < -0.4 is 5.32 Å². The maximum atomic E-state index is 12.4. The van der Waals surface area contributed by atoms with Gasteiger partial charge in [-0.2, -0.15) is 0 Å². The Morgan fingerprint density at radius 1 is 1.12 bits per heavy atom. The summed E-state index contributed by atoms with van der Waals surface area (Å²) in [6.07, 6.45) is 2.83. The van der Waals surface area contributed by atoms with Crippen LogP contribution in [0.1, 0.15) is 49.7 Å². The van der Waals surface area contributed by atoms with Gasteiger partial charge in [0.25, 0.3) is 0 Å². The fourth-order valence-electron chi connectivity index (χ4n) is 4.86. The fourth-order valence-corrected chi connectivity index (χ4v) is 4.86. The van der Waals surface area contributed by atoms with Crippen LogP contribution in [0.25, 0.3) is 11.1 Å². The van der Waals surface area contributed by atoms with Crippen molar-refractivity contribution in [2.24, 2.45) is 0 Å². The van der Waals surface area contributed by atoms with E-state index in [9.17, 15) is 14.7 Å². The van der Waals surface area contributed by atoms with Crippen molar-refractivity contribution in [3.63, 3.8) is 0 Å². The molecule has 0 saturated carbocycles. The number of alkyl carbamates (subject to hydrolysis) is 1. The van der Waals surface area contributed by atoms with Crippen molar-refractivity contribution in [2.75, 3.05) is 19.7 Å². The number of nitrogens with zero attached hydrogens (tertiary/aromatic N) is 1. The molecule has 0 radical (unpaired) electrons. The molecule has 0 spiro atoms. The molecule has 1 aliphatic carbocycles. The maximum Gasteiger partial charge on any atom is 0.407 e. The Labute approximate surface area is 195 Å². The normalized spacial score (nSPS) is 18.3. The number of fused-ring (bicyclic) bond motifs is 3. The lowest BCUT2D eigenvalue weighted by atomic mass is 9.98. The fraction of sp³-hybridized carbons (Fsp3) is 0.440. The van der Waals surface area contributed by atoms with Crippen LogP contribution in [0.2, 0.25) is 0 Å². The molecule has 6 nitrogen and oxygen atoms in total. The van der Waals surface area contributed by atoms with Gasteiger partial charge in [-0.3, -0.25) is 0 Å². The molecule has 2 aliphatic rings. The molecule has 2 aromatic rings. The molecule has 1 amide bonds. The minimum Gasteiger partial charge on any atom is -0.480 e. The second-order valence-corrected chi connectivity index (χ2v) is 8.53. The lowest BCUT2D eigenvalue weighted by Crippen LogP contribution is -2.42. The zero-order valence-electron chi connectivity index (χ0n) is 18.3. The minimum absolute atomic E-state index is 0. The summed E-state index contributed by atoms with van der Waals surface area (Å²) in [5.41, 5.74) is 4.58. The van der Waals surface area contributed by atoms with Crippen LogP contribution in [-0.4, -0.2) is 53.8 Å². The van der Waals surface area contributed by atoms with Gasteiger partial charge in [0.05, 0.1) is 0 Å². The summed E-state index contributed by atoms with van der Waals surface area (Å²) in [5.74, 6) is -1.07. The van der Waals surface area contributed by atoms with E-state index in [0.717, 1.165) is 41.8 Å². The monoisotopic (exact) mass is 458 g/mol. The number of hydrogen-bond donors (Lipinski definition) is 2. The molecule has 2 N–H and O–H groups in total. The average molecular weight is 459 g/mol. The summed E-state index contributed by atoms with van der Waals surface area (Å²) < 4.78 is 5.49. The lowest BCUT2D eigenvalue weighted by molar-refractivity contribution is -0.139. The Hall–Kier alpha value is -2.57. The van der Waals surface area contributed by atoms with Gasteiger partial charge in [0.1, 0.15) is 12.6 Å². The van der Waals surface area contributed by atoms with Gasteiger partial charge in [-0.05, 0) is 68.0 Å². The Morgan fingerprint density at radius 2 is 1.75 bits per heavy atom. The first-order chi connectivity index (χ1) is 15.0. The number of hydrogen-bond acceptors (Lipinski definition) is 4. The summed E-state index contributed by atoms with van der Waals surface area (Å²) in [4.78, 5) is 26.4. The van der Waals surface area contributed by atoms with Crippen LogP contribution in [0.3, 0.4) is 0 Å². The van der Waals surface area contributed by atoms with Crippen molar-refractivity contribution in [1.82, 2.24) is 10.2 Å². The van der Waals surface area contributed by atoms with Gasteiger partial charge in [0.15, 0.2) is 0 Å². The number of aliphatic carboxylic acids is 1. The summed E-state index contributed by atoms with van der Waals surface area (Å²) in [5, 5.41) is 12.1. The first-order valence-corrected chi connectivity index (χ1v) is 11.1. The Bertz CT molecular complexity index is 906. The highest BCUT2D eigenvalue weighted by Gasteiger charge is 2.30. The van der Waals surface area contributed by atoms with Crippen molar-refractivity contribution in [3.8, 4) is 11.1 Å². The molecule has 1 fully saturated rings. The van der Waals surface area contributed by atoms with Crippen molar-refractivity contribution in [2.45, 2.75) is 50.6 Å². The van der Waals surface area contributed by atoms with Crippen LogP contribution in [0.5, 0.6) is 0 Å². The van der Waals surface area contributed by atoms with Crippen LogP contribution in [0.4, 0.5) is 4.79 Å². The van der Waals surface area contributed by atoms with Crippen molar-refractivity contribution in [3.05, 3.63) is 59.7 Å². The number of benzene rings is 2. The number of likely N-dealkylation sites (tertiary alicyclic amines) is 1. The van der Waals surface area contributed by atoms with E-state index in [1.807, 2.05) is 24.3 Å². The number of nitrogens with one attached hydrogen (secondary N) is 1. The van der Waals surface area contributed by atoms with E-state index in [4.69, 9.17) is 4.74 Å². The highest BCUT2D eigenvalue weighted by atomic mass is 35.5. The predicted octanol–water partition coefficient (Wildman–Crippen LogP) is 4.66. The third-order valence-corrected chi connectivity index (χ3v) is 6.56. The average Bonchev–Trinajstić information content (AvgIpc) is 3.32. The second-order valence-electron chi connectivity index (χ2n) is 8.53. The molecular weight excluding hydrogens is 428 g/mol. The third kappa shape index (κ3) is 5.25. The number of amides is 1. The molecule has 2 atom stereocenters. The molecule has 2 unspecified atom stereocenters. The first-order valence-electron chi connectivity index (χ1n) is 11.1. The quantitative estimate of drug-likeness (QED) is 0.601. The smallest absolute Gasteiger partial charge is 0.407 e. The van der Waals surface area contributed by atoms with Gasteiger partial charge in [-0.25, -0.2) is 9.59 Å². The number of carbonyl (C=O) groups is 2. The molecule has 32 heavy (non-hydrogen) atoms. The van der Waals surface area contributed by atoms with Crippen LogP contribution in [-0.2, 0) is 9.53 Å². The molecule has 7 heteroatoms. The molecule has 4 rings (SSSR count). The second kappa shape index (κ2) is 10.8. The first kappa shape index (κ1) is 24.1. The lowest BCUT2D eigenvalue weighted by Gasteiger charge is -2.22. The standard InChI is InChI=1S/C25H30N2O4.ClH/c1-17-8-6-14-27(17)15-7-13-23(24(28)29)26-25(30)31-16-22-20-11-4-2-9-18(20)19-10-3-5-12-21(19)22;/h2-5,9-12,17,22-23H,6-8,13-16H2,1H3,(H,26,30)(H,28,29);1H. The van der Waals surface area contributed by atoms with Crippen molar-refractivity contribution >= 4 is 24.5 Å². The third-order valence-electron chi connectivity index (χ3n) is 6.56. The number of carbonyl (C=O) groups excluding carboxylic acids is 1. The number of ether oxygens (including phenoxy) is 1. The summed E-state index contributed by atoms with van der Waals surface area (Å²) in [6.45, 7) is 4.31. The molecule has 0 aromatic heterocycles. The minimum atomic E-state index is -1.03. The Morgan fingerprint density at radius 3 is 2.31 bits per heavy atom. The highest BCUT2D eigenvalue weighted by Crippen LogP contribution is 2.44. The summed E-state index contributed by atoms with van der Waals surface area (Å²) in [7, 11) is 0. The maximum absolute atomic E-state index is 12.4. The topological polar surface area (TPSA) is 78.9 Å². The Kier molecular flexibility index (Phi) is 8.15. The van der Waals surface area contributed by atoms with Gasteiger partial charge in [-0.1, -0.05) is 48.5 Å². The molecule has 1 heterocycles. The van der Waals surface area contributed by atoms with E-state index in [2.05, 4.69) is 41.4 Å². The van der Waals surface area contributed by atoms with Crippen molar-refractivity contribution < 1.29 is 19.4 Å². The van der Waals surface area contributed by atoms with E-state index < -0.39 is 18.1 Å². The van der Waals surface area contributed by atoms with E-state index in [1.165, 1.54) is 12.8 Å². The predicted molar refractivity (Wildman–Crippen MR) is 126 cm³/mol. The SMILES string of the molecule is CC1CCCN1CCCC(NC(=O)OCC1c2ccccc2-c2ccccc21)C(=O)O.Cl. The van der Waals surface area contributed by atoms with E-state index >= 15 is 0 Å². The molecular formula is C25H31ClN2O4. The molecule has 0 bridgehead atoms. The largest absolute Gasteiger partial charge is 0.480 e. The van der Waals surface area contributed by atoms with Gasteiger partial charge >= 0.3 is 12.1 Å². The van der Waals surface area contributed by atoms with Crippen LogP contribution in [0, 0.1) is 0 Å². The number of carboxylic acid groups (broad SMARTS) is 1. The summed E-state index contributed by atoms with van der Waals surface area (Å²) >= 11 is 0. The number of halogens is 1. The number of rotatable bonds is 8. The van der Waals surface area contributed by atoms with E-state index in [0.29, 0.717) is 12.5 Å². The van der Waals surface area contributed by atoms with Crippen LogP contribution >= 0.6 is 12.4 Å². The van der Waals surface area contributed by atoms with Crippen molar-refractivity contribution in [1.29, 1.82) is 0 Å². The number of carboxylic acids is 1. The summed E-state index contributed by atoms with van der Waals surface area (Å²) in [6, 6.07) is 15.9. The molecule has 1 aliphatic heterocycles. The van der Waals surface area contributed by atoms with Gasteiger partial charge in [0, 0.05) is 12.0 Å². The van der Waals surface area contributed by atoms with Gasteiger partial charge < -0.3 is 20.1 Å². The zero-order chi connectivity index (χ0) is 21.8. The zero-order valence-corrected chi connectivity index (χ0v) is 19.1. The highest BCUT2D eigenvalue weighted by molar-refractivity contribution is 5.85. The van der Waals surface area contributed by atoms with E-state index in [1.54, 1.807) is 0 Å². The van der Waals surface area contributed by atoms with E-state index in [-0.39, 0.29) is 24.9 Å². The van der Waals surface area contributed by atoms with Crippen LogP contribution in [0.15, 0.2) is 48.5 Å².